The summed E-state index contributed by atoms with van der Waals surface area (Å²) >= 11 is 0. The van der Waals surface area contributed by atoms with Crippen molar-refractivity contribution in [3.05, 3.63) is 0 Å². The lowest BCUT2D eigenvalue weighted by Gasteiger charge is -2.45. The second-order valence-corrected chi connectivity index (χ2v) is 7.82. The van der Waals surface area contributed by atoms with Gasteiger partial charge < -0.3 is 5.32 Å². The first kappa shape index (κ1) is 16.9. The first-order chi connectivity index (χ1) is 7.36. The third-order valence-corrected chi connectivity index (χ3v) is 3.53. The highest BCUT2D eigenvalue weighted by molar-refractivity contribution is 4.87. The molecule has 0 heterocycles. The van der Waals surface area contributed by atoms with Crippen molar-refractivity contribution in [3.8, 4) is 0 Å². The van der Waals surface area contributed by atoms with Gasteiger partial charge >= 0.3 is 0 Å². The fourth-order valence-corrected chi connectivity index (χ4v) is 2.06. The molecule has 17 heavy (non-hydrogen) atoms. The van der Waals surface area contributed by atoms with Crippen LogP contribution in [-0.2, 0) is 0 Å². The van der Waals surface area contributed by atoms with E-state index in [0.29, 0.717) is 0 Å². The van der Waals surface area contributed by atoms with Crippen LogP contribution < -0.4 is 5.32 Å². The van der Waals surface area contributed by atoms with Gasteiger partial charge in [-0.3, -0.25) is 4.90 Å². The second kappa shape index (κ2) is 5.71. The van der Waals surface area contributed by atoms with Crippen LogP contribution >= 0.6 is 0 Å². The average molecular weight is 242 g/mol. The van der Waals surface area contributed by atoms with Gasteiger partial charge in [0, 0.05) is 16.6 Å². The maximum atomic E-state index is 3.55. The summed E-state index contributed by atoms with van der Waals surface area (Å²) in [7, 11) is 2.23. The molecule has 0 aliphatic carbocycles. The molecule has 0 amide bonds. The van der Waals surface area contributed by atoms with Gasteiger partial charge in [-0.15, -0.1) is 0 Å². The Labute approximate surface area is 109 Å². The lowest BCUT2D eigenvalue weighted by molar-refractivity contribution is 0.0490. The molecular formula is C15H34N2. The molecule has 0 fully saturated rings. The predicted octanol–water partition coefficient (Wildman–Crippen LogP) is 3.66. The van der Waals surface area contributed by atoms with Gasteiger partial charge in [0.15, 0.2) is 0 Å². The molecule has 0 rings (SSSR count). The van der Waals surface area contributed by atoms with Crippen molar-refractivity contribution < 1.29 is 0 Å². The summed E-state index contributed by atoms with van der Waals surface area (Å²) in [5, 5.41) is 3.55. The smallest absolute Gasteiger partial charge is 0.0155 e. The Morgan fingerprint density at radius 3 is 1.71 bits per heavy atom. The molecule has 0 aromatic rings. The van der Waals surface area contributed by atoms with E-state index >= 15 is 0 Å². The van der Waals surface area contributed by atoms with E-state index in [1.807, 2.05) is 0 Å². The number of hydrogen-bond donors (Lipinski definition) is 1. The first-order valence-electron chi connectivity index (χ1n) is 6.85. The Hall–Kier alpha value is -0.0800. The van der Waals surface area contributed by atoms with Gasteiger partial charge in [-0.05, 0) is 81.8 Å². The van der Waals surface area contributed by atoms with Crippen molar-refractivity contribution in [1.82, 2.24) is 10.2 Å². The summed E-state index contributed by atoms with van der Waals surface area (Å²) in [5.74, 6) is 0. The van der Waals surface area contributed by atoms with E-state index in [0.717, 1.165) is 6.54 Å². The van der Waals surface area contributed by atoms with E-state index in [4.69, 9.17) is 0 Å². The summed E-state index contributed by atoms with van der Waals surface area (Å²) in [6.07, 6.45) is 2.45. The second-order valence-electron chi connectivity index (χ2n) is 7.82. The Morgan fingerprint density at radius 2 is 1.35 bits per heavy atom. The van der Waals surface area contributed by atoms with Crippen LogP contribution in [-0.4, -0.2) is 35.1 Å². The largest absolute Gasteiger partial charge is 0.312 e. The summed E-state index contributed by atoms with van der Waals surface area (Å²) in [4.78, 5) is 2.48. The van der Waals surface area contributed by atoms with Crippen LogP contribution in [0.3, 0.4) is 0 Å². The molecule has 0 bridgehead atoms. The molecule has 0 radical (unpaired) electrons. The van der Waals surface area contributed by atoms with Crippen molar-refractivity contribution in [2.24, 2.45) is 0 Å². The van der Waals surface area contributed by atoms with E-state index in [9.17, 15) is 0 Å². The van der Waals surface area contributed by atoms with Crippen LogP contribution in [0.25, 0.3) is 0 Å². The van der Waals surface area contributed by atoms with Gasteiger partial charge in [0.25, 0.3) is 0 Å². The fourth-order valence-electron chi connectivity index (χ4n) is 2.06. The first-order valence-corrected chi connectivity index (χ1v) is 6.85. The highest BCUT2D eigenvalue weighted by Gasteiger charge is 2.30. The number of nitrogens with one attached hydrogen (secondary N) is 1. The zero-order chi connectivity index (χ0) is 13.9. The van der Waals surface area contributed by atoms with Gasteiger partial charge in [0.2, 0.25) is 0 Å². The fraction of sp³-hybridized carbons (Fsp3) is 1.00. The third-order valence-electron chi connectivity index (χ3n) is 3.53. The topological polar surface area (TPSA) is 15.3 Å². The monoisotopic (exact) mass is 242 g/mol. The van der Waals surface area contributed by atoms with Crippen molar-refractivity contribution >= 4 is 0 Å². The molecule has 0 aliphatic rings. The van der Waals surface area contributed by atoms with E-state index in [1.165, 1.54) is 12.8 Å². The molecule has 2 nitrogen and oxygen atoms in total. The highest BCUT2D eigenvalue weighted by atomic mass is 15.2. The van der Waals surface area contributed by atoms with Crippen molar-refractivity contribution in [2.45, 2.75) is 84.8 Å². The van der Waals surface area contributed by atoms with Crippen molar-refractivity contribution in [2.75, 3.05) is 13.6 Å². The summed E-state index contributed by atoms with van der Waals surface area (Å²) in [5.41, 5.74) is 0.735. The Kier molecular flexibility index (Phi) is 5.68. The van der Waals surface area contributed by atoms with Crippen molar-refractivity contribution in [3.63, 3.8) is 0 Å². The number of hydrogen-bond acceptors (Lipinski definition) is 2. The minimum atomic E-state index is 0.236. The molecule has 0 atom stereocenters. The van der Waals surface area contributed by atoms with Crippen LogP contribution in [0.15, 0.2) is 0 Å². The van der Waals surface area contributed by atoms with Crippen LogP contribution in [0, 0.1) is 0 Å². The maximum Gasteiger partial charge on any atom is 0.0155 e. The highest BCUT2D eigenvalue weighted by Crippen LogP contribution is 2.26. The number of rotatable bonds is 5. The van der Waals surface area contributed by atoms with Crippen LogP contribution in [0.5, 0.6) is 0 Å². The third kappa shape index (κ3) is 7.05. The normalized spacial score (nSPS) is 14.5. The van der Waals surface area contributed by atoms with Crippen LogP contribution in [0.2, 0.25) is 0 Å². The zero-order valence-electron chi connectivity index (χ0n) is 13.6. The Morgan fingerprint density at radius 1 is 0.882 bits per heavy atom. The molecular weight excluding hydrogens is 208 g/mol. The lowest BCUT2D eigenvalue weighted by atomic mass is 9.91. The molecule has 0 aromatic carbocycles. The molecule has 104 valence electrons. The molecule has 2 heteroatoms. The molecule has 0 unspecified atom stereocenters. The molecule has 0 aliphatic heterocycles. The minimum absolute atomic E-state index is 0.236. The Balaban J connectivity index is 4.11. The van der Waals surface area contributed by atoms with Gasteiger partial charge in [-0.2, -0.15) is 0 Å². The minimum Gasteiger partial charge on any atom is -0.312 e. The quantitative estimate of drug-likeness (QED) is 0.740. The SMILES string of the molecule is CN(C(C)(C)C)C(C)(C)CCCNC(C)(C)C. The van der Waals surface area contributed by atoms with Gasteiger partial charge in [0.1, 0.15) is 0 Å². The van der Waals surface area contributed by atoms with E-state index in [2.05, 4.69) is 72.7 Å². The lowest BCUT2D eigenvalue weighted by Crippen LogP contribution is -2.51. The van der Waals surface area contributed by atoms with Crippen molar-refractivity contribution in [1.29, 1.82) is 0 Å². The van der Waals surface area contributed by atoms with E-state index in [1.54, 1.807) is 0 Å². The molecule has 0 aromatic heterocycles. The van der Waals surface area contributed by atoms with E-state index < -0.39 is 0 Å². The zero-order valence-corrected chi connectivity index (χ0v) is 13.6. The van der Waals surface area contributed by atoms with Gasteiger partial charge in [0.05, 0.1) is 0 Å². The molecule has 0 saturated heterocycles. The van der Waals surface area contributed by atoms with Crippen LogP contribution in [0.1, 0.15) is 68.2 Å². The summed E-state index contributed by atoms with van der Waals surface area (Å²) in [6.45, 7) is 19.3. The van der Waals surface area contributed by atoms with Crippen LogP contribution in [0.4, 0.5) is 0 Å². The summed E-state index contributed by atoms with van der Waals surface area (Å²) in [6, 6.07) is 0. The summed E-state index contributed by atoms with van der Waals surface area (Å²) < 4.78 is 0. The van der Waals surface area contributed by atoms with E-state index in [-0.39, 0.29) is 16.6 Å². The van der Waals surface area contributed by atoms with Gasteiger partial charge in [-0.25, -0.2) is 0 Å². The standard InChI is InChI=1S/C15H34N2/c1-13(2,3)16-12-10-11-15(7,8)17(9)14(4,5)6/h16H,10-12H2,1-9H3. The predicted molar refractivity (Wildman–Crippen MR) is 78.6 cm³/mol. The molecule has 0 spiro atoms. The van der Waals surface area contributed by atoms with Gasteiger partial charge in [-0.1, -0.05) is 0 Å². The molecule has 1 N–H and O–H groups in total. The maximum absolute atomic E-state index is 3.55. The average Bonchev–Trinajstić information content (AvgIpc) is 2.08. The number of nitrogens with zero attached hydrogens (tertiary/aromatic N) is 1. The molecule has 0 saturated carbocycles. The Bertz CT molecular complexity index is 218.